The lowest BCUT2D eigenvalue weighted by Crippen LogP contribution is -2.33. The van der Waals surface area contributed by atoms with Crippen molar-refractivity contribution in [1.29, 1.82) is 0 Å². The number of amides is 1. The largest absolute Gasteiger partial charge is 0.478 e. The van der Waals surface area contributed by atoms with Crippen molar-refractivity contribution in [2.75, 3.05) is 5.32 Å². The molecule has 0 aliphatic rings. The molecule has 1 aromatic rings. The number of carboxylic acid groups (broad SMARTS) is 1. The van der Waals surface area contributed by atoms with Gasteiger partial charge in [0.15, 0.2) is 0 Å². The Morgan fingerprint density at radius 1 is 1.37 bits per heavy atom. The van der Waals surface area contributed by atoms with Gasteiger partial charge < -0.3 is 16.2 Å². The quantitative estimate of drug-likeness (QED) is 0.759. The van der Waals surface area contributed by atoms with Gasteiger partial charge in [-0.05, 0) is 39.3 Å². The summed E-state index contributed by atoms with van der Waals surface area (Å²) < 4.78 is 0. The van der Waals surface area contributed by atoms with Crippen molar-refractivity contribution in [3.63, 3.8) is 0 Å². The third kappa shape index (κ3) is 5.09. The highest BCUT2D eigenvalue weighted by molar-refractivity contribution is 6.00. The van der Waals surface area contributed by atoms with Gasteiger partial charge in [-0.25, -0.2) is 4.79 Å². The van der Waals surface area contributed by atoms with Crippen LogP contribution in [0.4, 0.5) is 5.69 Å². The van der Waals surface area contributed by atoms with Crippen LogP contribution in [0.2, 0.25) is 0 Å². The third-order valence-corrected chi connectivity index (χ3v) is 2.68. The number of hydrogen-bond donors (Lipinski definition) is 3. The smallest absolute Gasteiger partial charge is 0.337 e. The average Bonchev–Trinajstić information content (AvgIpc) is 2.28. The number of nitrogens with two attached hydrogens (primary N) is 1. The minimum absolute atomic E-state index is 0.0976. The van der Waals surface area contributed by atoms with Crippen LogP contribution in [-0.4, -0.2) is 22.5 Å². The summed E-state index contributed by atoms with van der Waals surface area (Å²) >= 11 is 0. The normalized spacial score (nSPS) is 11.2. The zero-order chi connectivity index (χ0) is 14.6. The molecule has 104 valence electrons. The maximum absolute atomic E-state index is 11.8. The first-order valence-electron chi connectivity index (χ1n) is 6.12. The maximum atomic E-state index is 11.8. The minimum Gasteiger partial charge on any atom is -0.478 e. The van der Waals surface area contributed by atoms with Crippen LogP contribution in [0.1, 0.15) is 42.6 Å². The maximum Gasteiger partial charge on any atom is 0.337 e. The molecule has 0 unspecified atom stereocenters. The highest BCUT2D eigenvalue weighted by Gasteiger charge is 2.16. The molecule has 0 aliphatic carbocycles. The average molecular weight is 264 g/mol. The zero-order valence-electron chi connectivity index (χ0n) is 11.5. The molecule has 1 amide bonds. The van der Waals surface area contributed by atoms with Crippen LogP contribution >= 0.6 is 0 Å². The van der Waals surface area contributed by atoms with Gasteiger partial charge in [0.1, 0.15) is 0 Å². The Labute approximate surface area is 112 Å². The summed E-state index contributed by atoms with van der Waals surface area (Å²) in [6.07, 6.45) is 0.795. The monoisotopic (exact) mass is 264 g/mol. The summed E-state index contributed by atoms with van der Waals surface area (Å²) in [7, 11) is 0. The van der Waals surface area contributed by atoms with Gasteiger partial charge in [-0.3, -0.25) is 4.79 Å². The summed E-state index contributed by atoms with van der Waals surface area (Å²) in [6.45, 7) is 5.48. The number of benzene rings is 1. The van der Waals surface area contributed by atoms with E-state index in [0.717, 1.165) is 5.56 Å². The van der Waals surface area contributed by atoms with Gasteiger partial charge in [0.2, 0.25) is 5.91 Å². The van der Waals surface area contributed by atoms with E-state index in [1.807, 2.05) is 13.8 Å². The molecular weight excluding hydrogens is 244 g/mol. The van der Waals surface area contributed by atoms with Crippen molar-refractivity contribution in [3.8, 4) is 0 Å². The minimum atomic E-state index is -1.06. The number of nitrogens with one attached hydrogen (secondary N) is 1. The number of carbonyl (C=O) groups is 2. The zero-order valence-corrected chi connectivity index (χ0v) is 11.5. The van der Waals surface area contributed by atoms with E-state index in [9.17, 15) is 9.59 Å². The Balaban J connectivity index is 2.77. The standard InChI is InChI=1S/C14H20N2O3/c1-9-4-5-11(10(8-9)13(18)19)16-12(17)6-7-14(2,3)15/h4-5,8H,6-7,15H2,1-3H3,(H,16,17)(H,18,19). The fourth-order valence-corrected chi connectivity index (χ4v) is 1.59. The Hall–Kier alpha value is -1.88. The van der Waals surface area contributed by atoms with Crippen molar-refractivity contribution >= 4 is 17.6 Å². The second-order valence-corrected chi connectivity index (χ2v) is 5.39. The predicted octanol–water partition coefficient (Wildman–Crippen LogP) is 2.15. The molecule has 0 fully saturated rings. The van der Waals surface area contributed by atoms with E-state index in [2.05, 4.69) is 5.32 Å². The van der Waals surface area contributed by atoms with E-state index >= 15 is 0 Å². The van der Waals surface area contributed by atoms with E-state index in [-0.39, 0.29) is 17.9 Å². The third-order valence-electron chi connectivity index (χ3n) is 2.68. The highest BCUT2D eigenvalue weighted by atomic mass is 16.4. The number of aromatic carboxylic acids is 1. The number of carbonyl (C=O) groups excluding carboxylic acids is 1. The molecule has 0 bridgehead atoms. The molecule has 0 saturated heterocycles. The van der Waals surface area contributed by atoms with Crippen LogP contribution in [0.5, 0.6) is 0 Å². The van der Waals surface area contributed by atoms with Crippen molar-refractivity contribution in [3.05, 3.63) is 29.3 Å². The number of carboxylic acids is 1. The molecule has 0 aliphatic heterocycles. The first-order valence-corrected chi connectivity index (χ1v) is 6.12. The molecule has 0 heterocycles. The Bertz CT molecular complexity index is 490. The molecule has 19 heavy (non-hydrogen) atoms. The molecule has 1 rings (SSSR count). The summed E-state index contributed by atoms with van der Waals surface area (Å²) in [5, 5.41) is 11.7. The van der Waals surface area contributed by atoms with Gasteiger partial charge >= 0.3 is 5.97 Å². The van der Waals surface area contributed by atoms with Gasteiger partial charge in [0.05, 0.1) is 11.3 Å². The molecule has 0 saturated carbocycles. The number of anilines is 1. The molecule has 5 heteroatoms. The Kier molecular flexibility index (Phi) is 4.67. The SMILES string of the molecule is Cc1ccc(NC(=O)CCC(C)(C)N)c(C(=O)O)c1. The van der Waals surface area contributed by atoms with Crippen LogP contribution in [0.15, 0.2) is 18.2 Å². The van der Waals surface area contributed by atoms with Gasteiger partial charge in [-0.2, -0.15) is 0 Å². The van der Waals surface area contributed by atoms with Gasteiger partial charge in [-0.1, -0.05) is 11.6 Å². The first-order chi connectivity index (χ1) is 8.69. The van der Waals surface area contributed by atoms with E-state index in [4.69, 9.17) is 10.8 Å². The lowest BCUT2D eigenvalue weighted by Gasteiger charge is -2.17. The van der Waals surface area contributed by atoms with Crippen molar-refractivity contribution < 1.29 is 14.7 Å². The molecule has 4 N–H and O–H groups in total. The molecule has 1 aromatic carbocycles. The van der Waals surface area contributed by atoms with Gasteiger partial charge in [0.25, 0.3) is 0 Å². The number of hydrogen-bond acceptors (Lipinski definition) is 3. The van der Waals surface area contributed by atoms with Crippen LogP contribution < -0.4 is 11.1 Å². The second-order valence-electron chi connectivity index (χ2n) is 5.39. The lowest BCUT2D eigenvalue weighted by molar-refractivity contribution is -0.116. The van der Waals surface area contributed by atoms with Gasteiger partial charge in [-0.15, -0.1) is 0 Å². The van der Waals surface area contributed by atoms with E-state index in [0.29, 0.717) is 12.1 Å². The molecule has 0 atom stereocenters. The van der Waals surface area contributed by atoms with Gasteiger partial charge in [0, 0.05) is 12.0 Å². The molecule has 0 spiro atoms. The van der Waals surface area contributed by atoms with Crippen LogP contribution in [0.25, 0.3) is 0 Å². The van der Waals surface area contributed by atoms with Crippen molar-refractivity contribution in [1.82, 2.24) is 0 Å². The Morgan fingerprint density at radius 3 is 2.53 bits per heavy atom. The fourth-order valence-electron chi connectivity index (χ4n) is 1.59. The summed E-state index contributed by atoms with van der Waals surface area (Å²) in [4.78, 5) is 22.9. The molecule has 5 nitrogen and oxygen atoms in total. The summed E-state index contributed by atoms with van der Waals surface area (Å²) in [5.41, 5.74) is 6.63. The number of aryl methyl sites for hydroxylation is 1. The van der Waals surface area contributed by atoms with Crippen LogP contribution in [-0.2, 0) is 4.79 Å². The Morgan fingerprint density at radius 2 is 2.00 bits per heavy atom. The van der Waals surface area contributed by atoms with E-state index < -0.39 is 11.5 Å². The topological polar surface area (TPSA) is 92.4 Å². The molecule has 0 aromatic heterocycles. The van der Waals surface area contributed by atoms with Crippen molar-refractivity contribution in [2.24, 2.45) is 5.73 Å². The van der Waals surface area contributed by atoms with E-state index in [1.54, 1.807) is 19.1 Å². The van der Waals surface area contributed by atoms with Crippen LogP contribution in [0.3, 0.4) is 0 Å². The summed E-state index contributed by atoms with van der Waals surface area (Å²) in [5.74, 6) is -1.29. The van der Waals surface area contributed by atoms with Crippen molar-refractivity contribution in [2.45, 2.75) is 39.2 Å². The second kappa shape index (κ2) is 5.84. The predicted molar refractivity (Wildman–Crippen MR) is 74.3 cm³/mol. The lowest BCUT2D eigenvalue weighted by atomic mass is 10.00. The van der Waals surface area contributed by atoms with E-state index in [1.165, 1.54) is 6.07 Å². The fraction of sp³-hybridized carbons (Fsp3) is 0.429. The molecular formula is C14H20N2O3. The molecule has 0 radical (unpaired) electrons. The highest BCUT2D eigenvalue weighted by Crippen LogP contribution is 2.18. The summed E-state index contributed by atoms with van der Waals surface area (Å²) in [6, 6.07) is 4.89. The van der Waals surface area contributed by atoms with Crippen LogP contribution in [0, 0.1) is 6.92 Å². The number of rotatable bonds is 5. The first kappa shape index (κ1) is 15.2.